The zero-order valence-corrected chi connectivity index (χ0v) is 17.1. The lowest BCUT2D eigenvalue weighted by Crippen LogP contribution is -2.43. The van der Waals surface area contributed by atoms with Crippen molar-refractivity contribution >= 4 is 45.2 Å². The number of halogens is 1. The number of hydrogen-bond donors (Lipinski definition) is 3. The number of hydrogen-bond acceptors (Lipinski definition) is 9. The Morgan fingerprint density at radius 1 is 1.30 bits per heavy atom. The molecule has 3 N–H and O–H groups in total. The Bertz CT molecular complexity index is 949. The summed E-state index contributed by atoms with van der Waals surface area (Å²) in [5.41, 5.74) is 0. The van der Waals surface area contributed by atoms with Crippen molar-refractivity contribution in [2.75, 3.05) is 13.7 Å². The van der Waals surface area contributed by atoms with E-state index in [0.717, 1.165) is 5.06 Å². The lowest BCUT2D eigenvalue weighted by molar-refractivity contribution is -0.147. The highest BCUT2D eigenvalue weighted by molar-refractivity contribution is 7.92. The predicted octanol–water partition coefficient (Wildman–Crippen LogP) is 0.0811. The maximum Gasteiger partial charge on any atom is 0.326 e. The number of oxime groups is 1. The van der Waals surface area contributed by atoms with Gasteiger partial charge in [0.25, 0.3) is 5.90 Å². The van der Waals surface area contributed by atoms with Crippen molar-refractivity contribution in [2.45, 2.75) is 29.2 Å². The van der Waals surface area contributed by atoms with Crippen LogP contribution in [0.5, 0.6) is 0 Å². The van der Waals surface area contributed by atoms with Gasteiger partial charge in [0.15, 0.2) is 0 Å². The van der Waals surface area contributed by atoms with Crippen LogP contribution in [0.1, 0.15) is 12.8 Å². The van der Waals surface area contributed by atoms with Gasteiger partial charge >= 0.3 is 11.9 Å². The Hall–Kier alpha value is -2.90. The number of carboxylic acid groups (broad SMARTS) is 2. The molecule has 1 heterocycles. The van der Waals surface area contributed by atoms with E-state index in [1.807, 2.05) is 5.32 Å². The molecular weight excluding hydrogens is 446 g/mol. The largest absolute Gasteiger partial charge is 0.481 e. The number of benzene rings is 1. The van der Waals surface area contributed by atoms with E-state index in [0.29, 0.717) is 5.02 Å². The summed E-state index contributed by atoms with van der Waals surface area (Å²) in [5.74, 6) is -4.01. The van der Waals surface area contributed by atoms with Crippen LogP contribution >= 0.6 is 11.6 Å². The van der Waals surface area contributed by atoms with Crippen molar-refractivity contribution in [2.24, 2.45) is 5.16 Å². The second kappa shape index (κ2) is 9.73. The van der Waals surface area contributed by atoms with E-state index in [1.165, 1.54) is 31.3 Å². The molecule has 0 aromatic heterocycles. The number of nitrogens with zero attached hydrogens (tertiary/aromatic N) is 2. The number of rotatable bonds is 9. The minimum Gasteiger partial charge on any atom is -0.481 e. The van der Waals surface area contributed by atoms with E-state index < -0.39 is 45.5 Å². The lowest BCUT2D eigenvalue weighted by Gasteiger charge is -2.18. The fourth-order valence-corrected chi connectivity index (χ4v) is 4.12. The average Bonchev–Trinajstić information content (AvgIpc) is 3.02. The van der Waals surface area contributed by atoms with E-state index >= 15 is 0 Å². The third-order valence-corrected chi connectivity index (χ3v) is 6.10. The summed E-state index contributed by atoms with van der Waals surface area (Å²) in [4.78, 5) is 38.3. The molecule has 0 spiro atoms. The number of amides is 1. The number of nitrogens with one attached hydrogen (secondary N) is 1. The molecular formula is C16H18ClN3O9S. The summed E-state index contributed by atoms with van der Waals surface area (Å²) in [5, 5.41) is 23.1. The average molecular weight is 464 g/mol. The standard InChI is InChI=1S/C16H18ClN3O9S/c1-20-15(30(26,27)10-4-2-9(17)3-5-10)14(19-29-20)28-7-6-12(21)18-11(16(24)25)8-13(22)23/h2-5,11,15H,6-8H2,1H3,(H,18,21)(H,22,23)(H,24,25)/t11-,15?/m0/s1. The predicted molar refractivity (Wildman–Crippen MR) is 101 cm³/mol. The fraction of sp³-hybridized carbons (Fsp3) is 0.375. The molecule has 164 valence electrons. The minimum atomic E-state index is -4.01. The first-order chi connectivity index (χ1) is 14.0. The molecule has 0 saturated carbocycles. The van der Waals surface area contributed by atoms with Crippen molar-refractivity contribution < 1.29 is 42.7 Å². The molecule has 1 aromatic rings. The van der Waals surface area contributed by atoms with Gasteiger partial charge in [-0.05, 0) is 29.4 Å². The molecule has 0 aliphatic carbocycles. The summed E-state index contributed by atoms with van der Waals surface area (Å²) < 4.78 is 31.0. The van der Waals surface area contributed by atoms with E-state index in [-0.39, 0.29) is 23.8 Å². The molecule has 1 unspecified atom stereocenters. The Balaban J connectivity index is 1.99. The molecule has 0 bridgehead atoms. The Kier molecular flexibility index (Phi) is 7.59. The number of sulfone groups is 1. The van der Waals surface area contributed by atoms with Gasteiger partial charge in [0, 0.05) is 12.1 Å². The molecule has 30 heavy (non-hydrogen) atoms. The summed E-state index contributed by atoms with van der Waals surface area (Å²) in [6.07, 6.45) is -1.17. The SMILES string of the molecule is CN1ON=C(OCCC(=O)N[C@@H](CC(=O)O)C(=O)O)C1S(=O)(=O)c1ccc(Cl)cc1. The third kappa shape index (κ3) is 5.81. The van der Waals surface area contributed by atoms with Crippen LogP contribution in [0.4, 0.5) is 0 Å². The van der Waals surface area contributed by atoms with Crippen molar-refractivity contribution in [1.82, 2.24) is 10.4 Å². The summed E-state index contributed by atoms with van der Waals surface area (Å²) >= 11 is 5.77. The molecule has 2 rings (SSSR count). The zero-order valence-electron chi connectivity index (χ0n) is 15.5. The van der Waals surface area contributed by atoms with Crippen LogP contribution in [0.3, 0.4) is 0 Å². The molecule has 0 saturated heterocycles. The smallest absolute Gasteiger partial charge is 0.326 e. The highest BCUT2D eigenvalue weighted by Crippen LogP contribution is 2.25. The molecule has 2 atom stereocenters. The molecule has 1 aliphatic heterocycles. The highest BCUT2D eigenvalue weighted by atomic mass is 35.5. The molecule has 0 fully saturated rings. The van der Waals surface area contributed by atoms with Gasteiger partial charge in [-0.3, -0.25) is 14.5 Å². The van der Waals surface area contributed by atoms with Crippen LogP contribution < -0.4 is 5.32 Å². The van der Waals surface area contributed by atoms with Gasteiger partial charge in [-0.15, -0.1) is 0 Å². The van der Waals surface area contributed by atoms with Gasteiger partial charge in [0.1, 0.15) is 6.04 Å². The first-order valence-corrected chi connectivity index (χ1v) is 10.3. The lowest BCUT2D eigenvalue weighted by atomic mass is 10.2. The van der Waals surface area contributed by atoms with Crippen LogP contribution in [0.15, 0.2) is 34.3 Å². The Labute approximate surface area is 175 Å². The number of ether oxygens (including phenoxy) is 1. The molecule has 0 radical (unpaired) electrons. The van der Waals surface area contributed by atoms with Crippen molar-refractivity contribution in [3.05, 3.63) is 29.3 Å². The van der Waals surface area contributed by atoms with Gasteiger partial charge in [0.2, 0.25) is 21.1 Å². The molecule has 1 aliphatic rings. The second-order valence-corrected chi connectivity index (χ2v) is 8.51. The molecule has 12 nitrogen and oxygen atoms in total. The van der Waals surface area contributed by atoms with Crippen LogP contribution in [0.2, 0.25) is 5.02 Å². The quantitative estimate of drug-likeness (QED) is 0.455. The third-order valence-electron chi connectivity index (χ3n) is 3.83. The molecule has 1 amide bonds. The first-order valence-electron chi connectivity index (χ1n) is 8.36. The van der Waals surface area contributed by atoms with E-state index in [4.69, 9.17) is 31.5 Å². The summed E-state index contributed by atoms with van der Waals surface area (Å²) in [7, 11) is -2.68. The number of carboxylic acids is 2. The van der Waals surface area contributed by atoms with Gasteiger partial charge in [0.05, 0.1) is 24.3 Å². The van der Waals surface area contributed by atoms with Crippen LogP contribution in [-0.2, 0) is 33.9 Å². The second-order valence-electron chi connectivity index (χ2n) is 6.06. The van der Waals surface area contributed by atoms with Gasteiger partial charge in [-0.1, -0.05) is 16.7 Å². The van der Waals surface area contributed by atoms with E-state index in [1.54, 1.807) is 0 Å². The van der Waals surface area contributed by atoms with Crippen LogP contribution in [-0.4, -0.2) is 72.5 Å². The zero-order chi connectivity index (χ0) is 22.5. The first kappa shape index (κ1) is 23.4. The fourth-order valence-electron chi connectivity index (χ4n) is 2.42. The maximum atomic E-state index is 12.9. The maximum absolute atomic E-state index is 12.9. The molecule has 14 heteroatoms. The number of carbonyl (C=O) groups excluding carboxylic acids is 1. The highest BCUT2D eigenvalue weighted by Gasteiger charge is 2.43. The number of likely N-dealkylation sites (N-methyl/N-ethyl adjacent to an activating group) is 1. The van der Waals surface area contributed by atoms with Gasteiger partial charge < -0.3 is 20.3 Å². The number of carbonyl (C=O) groups is 3. The van der Waals surface area contributed by atoms with Crippen molar-refractivity contribution in [1.29, 1.82) is 0 Å². The van der Waals surface area contributed by atoms with E-state index in [9.17, 15) is 22.8 Å². The number of hydroxylamine groups is 2. The summed E-state index contributed by atoms with van der Waals surface area (Å²) in [6.45, 7) is -0.353. The van der Waals surface area contributed by atoms with Crippen LogP contribution in [0.25, 0.3) is 0 Å². The Morgan fingerprint density at radius 2 is 1.93 bits per heavy atom. The Morgan fingerprint density at radius 3 is 2.50 bits per heavy atom. The van der Waals surface area contributed by atoms with Crippen molar-refractivity contribution in [3.8, 4) is 0 Å². The molecule has 1 aromatic carbocycles. The summed E-state index contributed by atoms with van der Waals surface area (Å²) in [6, 6.07) is 3.82. The normalized spacial score (nSPS) is 17.5. The number of aliphatic carboxylic acids is 2. The van der Waals surface area contributed by atoms with E-state index in [2.05, 4.69) is 5.16 Å². The monoisotopic (exact) mass is 463 g/mol. The van der Waals surface area contributed by atoms with Gasteiger partial charge in [-0.2, -0.15) is 0 Å². The van der Waals surface area contributed by atoms with Crippen LogP contribution in [0, 0.1) is 0 Å². The topological polar surface area (TPSA) is 172 Å². The minimum absolute atomic E-state index is 0.0544. The van der Waals surface area contributed by atoms with Crippen molar-refractivity contribution in [3.63, 3.8) is 0 Å². The van der Waals surface area contributed by atoms with Gasteiger partial charge in [-0.25, -0.2) is 13.2 Å².